The van der Waals surface area contributed by atoms with Crippen molar-refractivity contribution < 1.29 is 14.3 Å². The number of anilines is 1. The number of nitrogens with one attached hydrogen (secondary N) is 1. The van der Waals surface area contributed by atoms with Gasteiger partial charge in [-0.15, -0.1) is 5.10 Å². The molecule has 1 heterocycles. The van der Waals surface area contributed by atoms with Gasteiger partial charge in [-0.2, -0.15) is 0 Å². The van der Waals surface area contributed by atoms with Gasteiger partial charge in [-0.05, 0) is 44.0 Å². The molecule has 24 heavy (non-hydrogen) atoms. The van der Waals surface area contributed by atoms with E-state index in [0.717, 1.165) is 16.8 Å². The van der Waals surface area contributed by atoms with E-state index in [1.807, 2.05) is 32.0 Å². The van der Waals surface area contributed by atoms with Gasteiger partial charge in [-0.25, -0.2) is 4.68 Å². The first kappa shape index (κ1) is 17.6. The molecule has 1 atom stereocenters. The van der Waals surface area contributed by atoms with Crippen LogP contribution in [0.3, 0.4) is 0 Å². The Labute approximate surface area is 140 Å². The Morgan fingerprint density at radius 3 is 2.58 bits per heavy atom. The Balaban J connectivity index is 1.97. The molecule has 0 radical (unpaired) electrons. The molecule has 128 valence electrons. The summed E-state index contributed by atoms with van der Waals surface area (Å²) in [6.07, 6.45) is 1.60. The maximum atomic E-state index is 12.4. The van der Waals surface area contributed by atoms with Gasteiger partial charge in [0, 0.05) is 5.69 Å². The van der Waals surface area contributed by atoms with Crippen LogP contribution in [0, 0.1) is 13.8 Å². The number of hydrogen-bond donors (Lipinski definition) is 2. The summed E-state index contributed by atoms with van der Waals surface area (Å²) in [4.78, 5) is 23.0. The van der Waals surface area contributed by atoms with E-state index in [9.17, 15) is 9.59 Å². The summed E-state index contributed by atoms with van der Waals surface area (Å²) >= 11 is 0. The number of aryl methyl sites for hydroxylation is 2. The fourth-order valence-corrected chi connectivity index (χ4v) is 2.24. The monoisotopic (exact) mass is 331 g/mol. The van der Waals surface area contributed by atoms with Gasteiger partial charge >= 0.3 is 0 Å². The van der Waals surface area contributed by atoms with E-state index in [-0.39, 0.29) is 19.1 Å². The third-order valence-corrected chi connectivity index (χ3v) is 3.32. The summed E-state index contributed by atoms with van der Waals surface area (Å²) in [6.45, 7) is 5.59. The van der Waals surface area contributed by atoms with Crippen LogP contribution < -0.4 is 11.1 Å². The lowest BCUT2D eigenvalue weighted by Gasteiger charge is -2.13. The highest BCUT2D eigenvalue weighted by molar-refractivity contribution is 5.93. The van der Waals surface area contributed by atoms with Crippen LogP contribution in [0.5, 0.6) is 0 Å². The minimum atomic E-state index is -0.552. The summed E-state index contributed by atoms with van der Waals surface area (Å²) < 4.78 is 6.51. The number of nitrogens with two attached hydrogens (primary N) is 1. The molecular formula is C16H21N5O3. The van der Waals surface area contributed by atoms with Crippen LogP contribution in [0.1, 0.15) is 29.8 Å². The number of carbonyl (C=O) groups is 2. The lowest BCUT2D eigenvalue weighted by Crippen LogP contribution is -2.24. The standard InChI is InChI=1S/C16H21N5O3/c1-10-4-11(2)6-13(5-10)18-16(23)12(3)21-7-14(19-20-21)8-24-9-15(17)22/h4-7,12H,8-9H2,1-3H3,(H2,17,22)(H,18,23). The van der Waals surface area contributed by atoms with Crippen molar-refractivity contribution in [3.05, 3.63) is 41.2 Å². The predicted octanol–water partition coefficient (Wildman–Crippen LogP) is 1.10. The fraction of sp³-hybridized carbons (Fsp3) is 0.375. The normalized spacial score (nSPS) is 12.0. The Morgan fingerprint density at radius 2 is 1.96 bits per heavy atom. The van der Waals surface area contributed by atoms with Crippen LogP contribution in [0.15, 0.2) is 24.4 Å². The number of carbonyl (C=O) groups excluding carboxylic acids is 2. The van der Waals surface area contributed by atoms with Crippen LogP contribution in [-0.4, -0.2) is 33.4 Å². The SMILES string of the molecule is Cc1cc(C)cc(NC(=O)C(C)n2cc(COCC(N)=O)nn2)c1. The fourth-order valence-electron chi connectivity index (χ4n) is 2.24. The molecule has 0 saturated carbocycles. The molecule has 0 fully saturated rings. The summed E-state index contributed by atoms with van der Waals surface area (Å²) in [5, 5.41) is 10.7. The number of nitrogens with zero attached hydrogens (tertiary/aromatic N) is 3. The Kier molecular flexibility index (Phi) is 5.64. The van der Waals surface area contributed by atoms with Crippen LogP contribution in [-0.2, 0) is 20.9 Å². The second-order valence-corrected chi connectivity index (χ2v) is 5.69. The lowest BCUT2D eigenvalue weighted by molar-refractivity contribution is -0.123. The van der Waals surface area contributed by atoms with Gasteiger partial charge in [-0.3, -0.25) is 9.59 Å². The highest BCUT2D eigenvalue weighted by Gasteiger charge is 2.17. The number of amides is 2. The molecule has 2 rings (SSSR count). The van der Waals surface area contributed by atoms with Crippen molar-refractivity contribution in [2.24, 2.45) is 5.73 Å². The first-order chi connectivity index (χ1) is 11.3. The largest absolute Gasteiger partial charge is 0.368 e. The van der Waals surface area contributed by atoms with Gasteiger partial charge in [0.05, 0.1) is 12.8 Å². The molecule has 0 spiro atoms. The quantitative estimate of drug-likeness (QED) is 0.789. The van der Waals surface area contributed by atoms with E-state index in [4.69, 9.17) is 10.5 Å². The molecule has 8 heteroatoms. The number of rotatable bonds is 7. The molecule has 0 bridgehead atoms. The average molecular weight is 331 g/mol. The molecule has 3 N–H and O–H groups in total. The summed E-state index contributed by atoms with van der Waals surface area (Å²) in [7, 11) is 0. The van der Waals surface area contributed by atoms with Crippen molar-refractivity contribution in [2.45, 2.75) is 33.4 Å². The molecule has 0 aliphatic rings. The summed E-state index contributed by atoms with van der Waals surface area (Å²) in [6, 6.07) is 5.31. The van der Waals surface area contributed by atoms with E-state index in [1.165, 1.54) is 4.68 Å². The summed E-state index contributed by atoms with van der Waals surface area (Å²) in [5.41, 5.74) is 8.40. The second kappa shape index (κ2) is 7.69. The maximum Gasteiger partial charge on any atom is 0.249 e. The van der Waals surface area contributed by atoms with Gasteiger partial charge < -0.3 is 15.8 Å². The van der Waals surface area contributed by atoms with Gasteiger partial charge in [0.2, 0.25) is 11.8 Å². The first-order valence-corrected chi connectivity index (χ1v) is 7.51. The molecule has 2 aromatic rings. The Hall–Kier alpha value is -2.74. The minimum absolute atomic E-state index is 0.106. The third-order valence-electron chi connectivity index (χ3n) is 3.32. The number of aromatic nitrogens is 3. The number of ether oxygens (including phenoxy) is 1. The second-order valence-electron chi connectivity index (χ2n) is 5.69. The van der Waals surface area contributed by atoms with Crippen LogP contribution in [0.2, 0.25) is 0 Å². The molecule has 2 amide bonds. The van der Waals surface area contributed by atoms with Crippen molar-refractivity contribution in [2.75, 3.05) is 11.9 Å². The molecule has 1 aromatic heterocycles. The van der Waals surface area contributed by atoms with E-state index in [0.29, 0.717) is 5.69 Å². The van der Waals surface area contributed by atoms with E-state index in [1.54, 1.807) is 13.1 Å². The van der Waals surface area contributed by atoms with Crippen LogP contribution in [0.25, 0.3) is 0 Å². The summed E-state index contributed by atoms with van der Waals surface area (Å²) in [5.74, 6) is -0.752. The molecule has 1 aromatic carbocycles. The lowest BCUT2D eigenvalue weighted by atomic mass is 10.1. The van der Waals surface area contributed by atoms with E-state index in [2.05, 4.69) is 15.6 Å². The minimum Gasteiger partial charge on any atom is -0.368 e. The zero-order valence-electron chi connectivity index (χ0n) is 13.9. The molecule has 8 nitrogen and oxygen atoms in total. The highest BCUT2D eigenvalue weighted by Crippen LogP contribution is 2.16. The topological polar surface area (TPSA) is 112 Å². The number of benzene rings is 1. The number of hydrogen-bond acceptors (Lipinski definition) is 5. The van der Waals surface area contributed by atoms with Gasteiger partial charge in [0.1, 0.15) is 18.3 Å². The predicted molar refractivity (Wildman–Crippen MR) is 88.1 cm³/mol. The zero-order chi connectivity index (χ0) is 17.7. The number of primary amides is 1. The van der Waals surface area contributed by atoms with Gasteiger partial charge in [-0.1, -0.05) is 11.3 Å². The van der Waals surface area contributed by atoms with Crippen molar-refractivity contribution in [1.29, 1.82) is 0 Å². The van der Waals surface area contributed by atoms with Crippen LogP contribution in [0.4, 0.5) is 5.69 Å². The molecule has 0 saturated heterocycles. The molecular weight excluding hydrogens is 310 g/mol. The average Bonchev–Trinajstić information content (AvgIpc) is 2.93. The smallest absolute Gasteiger partial charge is 0.249 e. The van der Waals surface area contributed by atoms with E-state index >= 15 is 0 Å². The van der Waals surface area contributed by atoms with Gasteiger partial charge in [0.15, 0.2) is 0 Å². The Morgan fingerprint density at radius 1 is 1.29 bits per heavy atom. The van der Waals surface area contributed by atoms with Crippen molar-refractivity contribution >= 4 is 17.5 Å². The maximum absolute atomic E-state index is 12.4. The Bertz CT molecular complexity index is 721. The third kappa shape index (κ3) is 4.88. The molecule has 0 aliphatic heterocycles. The molecule has 0 aliphatic carbocycles. The zero-order valence-corrected chi connectivity index (χ0v) is 13.9. The van der Waals surface area contributed by atoms with Crippen molar-refractivity contribution in [1.82, 2.24) is 15.0 Å². The van der Waals surface area contributed by atoms with Gasteiger partial charge in [0.25, 0.3) is 0 Å². The first-order valence-electron chi connectivity index (χ1n) is 7.51. The van der Waals surface area contributed by atoms with Crippen molar-refractivity contribution in [3.63, 3.8) is 0 Å². The van der Waals surface area contributed by atoms with Crippen molar-refractivity contribution in [3.8, 4) is 0 Å². The van der Waals surface area contributed by atoms with E-state index < -0.39 is 11.9 Å². The highest BCUT2D eigenvalue weighted by atomic mass is 16.5. The van der Waals surface area contributed by atoms with Crippen LogP contribution >= 0.6 is 0 Å². The molecule has 1 unspecified atom stereocenters.